The lowest BCUT2D eigenvalue weighted by Gasteiger charge is -1.95. The summed E-state index contributed by atoms with van der Waals surface area (Å²) in [5.41, 5.74) is 1.05. The molecule has 0 saturated heterocycles. The van der Waals surface area contributed by atoms with Gasteiger partial charge in [0.15, 0.2) is 5.69 Å². The van der Waals surface area contributed by atoms with E-state index in [1.165, 1.54) is 0 Å². The smallest absolute Gasteiger partial charge is 0.358 e. The molecule has 2 aromatic rings. The van der Waals surface area contributed by atoms with Crippen LogP contribution >= 0.6 is 0 Å². The Bertz CT molecular complexity index is 462. The number of esters is 1. The molecule has 0 aliphatic rings. The summed E-state index contributed by atoms with van der Waals surface area (Å²) in [4.78, 5) is 11.3. The predicted octanol–water partition coefficient (Wildman–Crippen LogP) is 0.226. The van der Waals surface area contributed by atoms with Gasteiger partial charge in [-0.3, -0.25) is 5.10 Å². The molecule has 0 atom stereocenters. The maximum atomic E-state index is 11.3. The van der Waals surface area contributed by atoms with Crippen LogP contribution in [0.1, 0.15) is 23.1 Å². The molecule has 0 radical (unpaired) electrons. The van der Waals surface area contributed by atoms with Crippen molar-refractivity contribution >= 4 is 5.97 Å². The zero-order valence-corrected chi connectivity index (χ0v) is 8.75. The molecule has 2 heterocycles. The van der Waals surface area contributed by atoms with Crippen molar-refractivity contribution in [3.05, 3.63) is 29.8 Å². The van der Waals surface area contributed by atoms with Crippen LogP contribution in [0, 0.1) is 0 Å². The summed E-state index contributed by atoms with van der Waals surface area (Å²) in [6.45, 7) is 2.58. The van der Waals surface area contributed by atoms with Crippen molar-refractivity contribution < 1.29 is 9.53 Å². The fourth-order valence-corrected chi connectivity index (χ4v) is 1.24. The molecule has 0 amide bonds. The summed E-state index contributed by atoms with van der Waals surface area (Å²) in [6, 6.07) is 1.64. The van der Waals surface area contributed by atoms with Gasteiger partial charge < -0.3 is 4.74 Å². The van der Waals surface area contributed by atoms with Crippen LogP contribution in [0.3, 0.4) is 0 Å². The van der Waals surface area contributed by atoms with Crippen molar-refractivity contribution in [2.24, 2.45) is 0 Å². The van der Waals surface area contributed by atoms with Gasteiger partial charge in [0.2, 0.25) is 0 Å². The quantitative estimate of drug-likeness (QED) is 0.747. The first kappa shape index (κ1) is 10.3. The number of H-pyrrole nitrogens is 1. The lowest BCUT2D eigenvalue weighted by Crippen LogP contribution is -2.04. The largest absolute Gasteiger partial charge is 0.461 e. The first-order valence-corrected chi connectivity index (χ1v) is 4.85. The molecule has 0 spiro atoms. The highest BCUT2D eigenvalue weighted by atomic mass is 16.5. The molecule has 2 aromatic heterocycles. The molecule has 84 valence electrons. The standard InChI is InChI=1S/C9H11N5O2/c1-2-16-9(15)8-5-7(11-12-8)6-14-4-3-10-13-14/h3-5H,2,6H2,1H3,(H,11,12). The minimum absolute atomic E-state index is 0.275. The van der Waals surface area contributed by atoms with Gasteiger partial charge in [0, 0.05) is 6.20 Å². The molecule has 0 aliphatic heterocycles. The Kier molecular flexibility index (Phi) is 2.95. The molecule has 0 bridgehead atoms. The van der Waals surface area contributed by atoms with Gasteiger partial charge in [0.05, 0.1) is 25.0 Å². The Morgan fingerprint density at radius 2 is 2.50 bits per heavy atom. The summed E-state index contributed by atoms with van der Waals surface area (Å²) < 4.78 is 6.45. The van der Waals surface area contributed by atoms with Crippen molar-refractivity contribution in [1.82, 2.24) is 25.2 Å². The van der Waals surface area contributed by atoms with Crippen LogP contribution < -0.4 is 0 Å². The van der Waals surface area contributed by atoms with Gasteiger partial charge in [-0.1, -0.05) is 5.21 Å². The third kappa shape index (κ3) is 2.25. The van der Waals surface area contributed by atoms with Crippen molar-refractivity contribution in [1.29, 1.82) is 0 Å². The van der Waals surface area contributed by atoms with Gasteiger partial charge >= 0.3 is 5.97 Å². The Labute approximate surface area is 91.4 Å². The number of nitrogens with one attached hydrogen (secondary N) is 1. The van der Waals surface area contributed by atoms with Crippen molar-refractivity contribution in [3.63, 3.8) is 0 Å². The first-order chi connectivity index (χ1) is 7.79. The van der Waals surface area contributed by atoms with E-state index in [9.17, 15) is 4.79 Å². The topological polar surface area (TPSA) is 85.7 Å². The summed E-state index contributed by atoms with van der Waals surface area (Å²) in [5.74, 6) is -0.427. The van der Waals surface area contributed by atoms with E-state index in [1.807, 2.05) is 0 Å². The van der Waals surface area contributed by atoms with E-state index >= 15 is 0 Å². The van der Waals surface area contributed by atoms with Crippen LogP contribution in [0.15, 0.2) is 18.5 Å². The number of carbonyl (C=O) groups excluding carboxylic acids is 1. The normalized spacial score (nSPS) is 10.3. The molecular weight excluding hydrogens is 210 g/mol. The van der Waals surface area contributed by atoms with Gasteiger partial charge in [-0.25, -0.2) is 9.48 Å². The molecule has 2 rings (SSSR count). The number of rotatable bonds is 4. The number of nitrogens with zero attached hydrogens (tertiary/aromatic N) is 4. The highest BCUT2D eigenvalue weighted by molar-refractivity contribution is 5.87. The monoisotopic (exact) mass is 221 g/mol. The maximum Gasteiger partial charge on any atom is 0.358 e. The number of ether oxygens (including phenoxy) is 1. The SMILES string of the molecule is CCOC(=O)c1cc(Cn2ccnn2)[nH]n1. The van der Waals surface area contributed by atoms with Crippen LogP contribution in [0.4, 0.5) is 0 Å². The van der Waals surface area contributed by atoms with E-state index in [2.05, 4.69) is 20.5 Å². The fraction of sp³-hybridized carbons (Fsp3) is 0.333. The molecule has 0 unspecified atom stereocenters. The Balaban J connectivity index is 2.05. The van der Waals surface area contributed by atoms with Crippen molar-refractivity contribution in [2.45, 2.75) is 13.5 Å². The molecule has 0 fully saturated rings. The van der Waals surface area contributed by atoms with Crippen LogP contribution in [0.2, 0.25) is 0 Å². The molecule has 7 nitrogen and oxygen atoms in total. The second-order valence-corrected chi connectivity index (χ2v) is 3.10. The van der Waals surface area contributed by atoms with E-state index < -0.39 is 5.97 Å². The van der Waals surface area contributed by atoms with Gasteiger partial charge in [-0.05, 0) is 13.0 Å². The van der Waals surface area contributed by atoms with Crippen LogP contribution in [0.25, 0.3) is 0 Å². The van der Waals surface area contributed by atoms with Crippen molar-refractivity contribution in [3.8, 4) is 0 Å². The van der Waals surface area contributed by atoms with Gasteiger partial charge in [-0.15, -0.1) is 5.10 Å². The third-order valence-corrected chi connectivity index (χ3v) is 1.92. The number of aromatic nitrogens is 5. The highest BCUT2D eigenvalue weighted by Gasteiger charge is 2.11. The molecule has 1 N–H and O–H groups in total. The lowest BCUT2D eigenvalue weighted by molar-refractivity contribution is 0.0519. The zero-order chi connectivity index (χ0) is 11.4. The van der Waals surface area contributed by atoms with Gasteiger partial charge in [-0.2, -0.15) is 5.10 Å². The van der Waals surface area contributed by atoms with E-state index in [0.717, 1.165) is 5.69 Å². The second-order valence-electron chi connectivity index (χ2n) is 3.10. The Hall–Kier alpha value is -2.18. The van der Waals surface area contributed by atoms with Crippen LogP contribution in [0.5, 0.6) is 0 Å². The summed E-state index contributed by atoms with van der Waals surface area (Å²) in [6.07, 6.45) is 3.31. The summed E-state index contributed by atoms with van der Waals surface area (Å²) in [5, 5.41) is 14.1. The Morgan fingerprint density at radius 3 is 3.19 bits per heavy atom. The van der Waals surface area contributed by atoms with Crippen LogP contribution in [-0.4, -0.2) is 37.8 Å². The van der Waals surface area contributed by atoms with E-state index in [4.69, 9.17) is 4.74 Å². The van der Waals surface area contributed by atoms with E-state index in [0.29, 0.717) is 13.2 Å². The molecule has 0 aliphatic carbocycles. The maximum absolute atomic E-state index is 11.3. The number of carbonyl (C=O) groups is 1. The number of hydrogen-bond donors (Lipinski definition) is 1. The van der Waals surface area contributed by atoms with Crippen molar-refractivity contribution in [2.75, 3.05) is 6.61 Å². The molecular formula is C9H11N5O2. The molecule has 16 heavy (non-hydrogen) atoms. The number of hydrogen-bond acceptors (Lipinski definition) is 5. The fourth-order valence-electron chi connectivity index (χ4n) is 1.24. The second kappa shape index (κ2) is 4.56. The summed E-state index contributed by atoms with van der Waals surface area (Å²) in [7, 11) is 0. The third-order valence-electron chi connectivity index (χ3n) is 1.92. The van der Waals surface area contributed by atoms with E-state index in [-0.39, 0.29) is 5.69 Å². The average Bonchev–Trinajstić information content (AvgIpc) is 2.90. The average molecular weight is 221 g/mol. The molecule has 0 aromatic carbocycles. The van der Waals surface area contributed by atoms with Crippen LogP contribution in [-0.2, 0) is 11.3 Å². The minimum Gasteiger partial charge on any atom is -0.461 e. The number of aromatic amines is 1. The van der Waals surface area contributed by atoms with Gasteiger partial charge in [0.1, 0.15) is 0 Å². The van der Waals surface area contributed by atoms with E-state index in [1.54, 1.807) is 30.1 Å². The molecule has 0 saturated carbocycles. The zero-order valence-electron chi connectivity index (χ0n) is 8.75. The highest BCUT2D eigenvalue weighted by Crippen LogP contribution is 2.03. The minimum atomic E-state index is -0.427. The predicted molar refractivity (Wildman–Crippen MR) is 53.7 cm³/mol. The first-order valence-electron chi connectivity index (χ1n) is 4.85. The lowest BCUT2D eigenvalue weighted by atomic mass is 10.3. The summed E-state index contributed by atoms with van der Waals surface area (Å²) >= 11 is 0. The Morgan fingerprint density at radius 1 is 1.62 bits per heavy atom. The van der Waals surface area contributed by atoms with Gasteiger partial charge in [0.25, 0.3) is 0 Å². The molecule has 7 heteroatoms.